The number of ether oxygens (including phenoxy) is 1. The van der Waals surface area contributed by atoms with E-state index in [1.807, 2.05) is 36.4 Å². The number of rotatable bonds is 2. The van der Waals surface area contributed by atoms with Crippen LogP contribution < -0.4 is 9.64 Å². The van der Waals surface area contributed by atoms with Gasteiger partial charge in [0.1, 0.15) is 5.75 Å². The molecule has 0 aliphatic carbocycles. The van der Waals surface area contributed by atoms with Crippen LogP contribution in [0.5, 0.6) is 5.75 Å². The molecule has 0 bridgehead atoms. The van der Waals surface area contributed by atoms with Crippen molar-refractivity contribution in [3.05, 3.63) is 59.8 Å². The van der Waals surface area contributed by atoms with Gasteiger partial charge in [-0.3, -0.25) is 14.2 Å². The number of hydrogen-bond donors (Lipinski definition) is 0. The summed E-state index contributed by atoms with van der Waals surface area (Å²) in [6.45, 7) is 2.04. The lowest BCUT2D eigenvalue weighted by Gasteiger charge is -2.16. The molecule has 0 unspecified atom stereocenters. The third-order valence-electron chi connectivity index (χ3n) is 4.45. The number of anilines is 1. The maximum atomic E-state index is 12.8. The summed E-state index contributed by atoms with van der Waals surface area (Å²) in [5.41, 5.74) is 3.23. The Morgan fingerprint density at radius 1 is 1.12 bits per heavy atom. The molecule has 0 fully saturated rings. The summed E-state index contributed by atoms with van der Waals surface area (Å²) in [5.74, 6) is 0.567. The highest BCUT2D eigenvalue weighted by Crippen LogP contribution is 2.32. The van der Waals surface area contributed by atoms with Gasteiger partial charge in [-0.15, -0.1) is 0 Å². The van der Waals surface area contributed by atoms with E-state index in [0.717, 1.165) is 22.2 Å². The van der Waals surface area contributed by atoms with Crippen LogP contribution in [0.4, 0.5) is 5.69 Å². The summed E-state index contributed by atoms with van der Waals surface area (Å²) >= 11 is 0. The highest BCUT2D eigenvalue weighted by Gasteiger charge is 2.29. The van der Waals surface area contributed by atoms with Gasteiger partial charge in [-0.1, -0.05) is 12.1 Å². The average Bonchev–Trinajstić information content (AvgIpc) is 3.15. The van der Waals surface area contributed by atoms with E-state index in [4.69, 9.17) is 4.74 Å². The van der Waals surface area contributed by atoms with Gasteiger partial charge in [0.2, 0.25) is 5.91 Å². The Bertz CT molecular complexity index is 987. The summed E-state index contributed by atoms with van der Waals surface area (Å²) in [6, 6.07) is 13.2. The smallest absolute Gasteiger partial charge is 0.259 e. The third-order valence-corrected chi connectivity index (χ3v) is 4.45. The van der Waals surface area contributed by atoms with Crippen molar-refractivity contribution in [2.45, 2.75) is 13.5 Å². The zero-order valence-corrected chi connectivity index (χ0v) is 13.4. The van der Waals surface area contributed by atoms with Gasteiger partial charge in [0.05, 0.1) is 19.2 Å². The number of nitrogens with zero attached hydrogens (tertiary/aromatic N) is 2. The summed E-state index contributed by atoms with van der Waals surface area (Å²) in [7, 11) is 1.59. The fourth-order valence-electron chi connectivity index (χ4n) is 3.17. The first-order valence-corrected chi connectivity index (χ1v) is 7.69. The maximum absolute atomic E-state index is 12.8. The molecule has 1 aliphatic rings. The molecule has 0 saturated carbocycles. The van der Waals surface area contributed by atoms with E-state index in [1.165, 1.54) is 6.92 Å². The van der Waals surface area contributed by atoms with Crippen LogP contribution in [0.25, 0.3) is 10.9 Å². The number of fused-ring (bicyclic) bond motifs is 2. The second kappa shape index (κ2) is 5.23. The third kappa shape index (κ3) is 2.09. The minimum absolute atomic E-state index is 0.0517. The number of methoxy groups -OCH3 is 1. The molecule has 120 valence electrons. The first-order chi connectivity index (χ1) is 11.6. The average molecular weight is 320 g/mol. The van der Waals surface area contributed by atoms with Gasteiger partial charge in [0.25, 0.3) is 5.91 Å². The van der Waals surface area contributed by atoms with Crippen molar-refractivity contribution in [2.24, 2.45) is 0 Å². The number of benzene rings is 2. The summed E-state index contributed by atoms with van der Waals surface area (Å²) in [6.07, 6.45) is 1.75. The molecule has 2 aromatic carbocycles. The van der Waals surface area contributed by atoms with Crippen molar-refractivity contribution in [1.82, 2.24) is 4.57 Å². The molecule has 1 aromatic heterocycles. The fourth-order valence-corrected chi connectivity index (χ4v) is 3.17. The van der Waals surface area contributed by atoms with Crippen LogP contribution in [0, 0.1) is 0 Å². The van der Waals surface area contributed by atoms with Crippen molar-refractivity contribution in [3.8, 4) is 5.75 Å². The largest absolute Gasteiger partial charge is 0.497 e. The van der Waals surface area contributed by atoms with Crippen molar-refractivity contribution < 1.29 is 14.3 Å². The topological polar surface area (TPSA) is 51.5 Å². The first kappa shape index (κ1) is 14.5. The maximum Gasteiger partial charge on any atom is 0.259 e. The van der Waals surface area contributed by atoms with Crippen LogP contribution in [0.3, 0.4) is 0 Å². The number of amides is 1. The number of carbonyl (C=O) groups excluding carboxylic acids is 2. The minimum Gasteiger partial charge on any atom is -0.497 e. The standard InChI is InChI=1S/C19H16N2O3/c1-12(22)20-8-7-13-3-5-15(9-18(13)20)21-11-14-4-6-16(24-2)10-17(14)19(21)23/h3-10H,11H2,1-2H3. The molecule has 0 N–H and O–H groups in total. The molecule has 0 saturated heterocycles. The van der Waals surface area contributed by atoms with Gasteiger partial charge >= 0.3 is 0 Å². The Kier molecular flexibility index (Phi) is 3.16. The normalized spacial score (nSPS) is 13.4. The summed E-state index contributed by atoms with van der Waals surface area (Å²) in [5, 5.41) is 0.972. The number of hydrogen-bond acceptors (Lipinski definition) is 3. The first-order valence-electron chi connectivity index (χ1n) is 7.69. The lowest BCUT2D eigenvalue weighted by molar-refractivity contribution is 0.0941. The van der Waals surface area contributed by atoms with E-state index in [-0.39, 0.29) is 11.8 Å². The number of carbonyl (C=O) groups is 2. The molecule has 24 heavy (non-hydrogen) atoms. The van der Waals surface area contributed by atoms with Gasteiger partial charge < -0.3 is 9.64 Å². The Morgan fingerprint density at radius 3 is 2.71 bits per heavy atom. The Labute approximate surface area is 139 Å². The lowest BCUT2D eigenvalue weighted by Crippen LogP contribution is -2.23. The van der Waals surface area contributed by atoms with E-state index in [9.17, 15) is 9.59 Å². The van der Waals surface area contributed by atoms with Crippen LogP contribution in [-0.2, 0) is 6.54 Å². The zero-order chi connectivity index (χ0) is 16.8. The lowest BCUT2D eigenvalue weighted by atomic mass is 10.1. The van der Waals surface area contributed by atoms with Gasteiger partial charge in [0, 0.05) is 29.8 Å². The molecule has 0 atom stereocenters. The Hall–Kier alpha value is -3.08. The van der Waals surface area contributed by atoms with E-state index in [2.05, 4.69) is 0 Å². The molecule has 2 heterocycles. The highest BCUT2D eigenvalue weighted by molar-refractivity contribution is 6.11. The molecule has 0 spiro atoms. The summed E-state index contributed by atoms with van der Waals surface area (Å²) < 4.78 is 6.80. The molecule has 4 rings (SSSR count). The van der Waals surface area contributed by atoms with Crippen molar-refractivity contribution in [2.75, 3.05) is 12.0 Å². The Balaban J connectivity index is 1.77. The van der Waals surface area contributed by atoms with E-state index in [1.54, 1.807) is 28.8 Å². The van der Waals surface area contributed by atoms with Crippen molar-refractivity contribution >= 4 is 28.4 Å². The molecule has 1 aliphatic heterocycles. The van der Waals surface area contributed by atoms with E-state index in [0.29, 0.717) is 17.9 Å². The zero-order valence-electron chi connectivity index (χ0n) is 13.4. The predicted molar refractivity (Wildman–Crippen MR) is 91.7 cm³/mol. The quantitative estimate of drug-likeness (QED) is 0.726. The van der Waals surface area contributed by atoms with Crippen LogP contribution in [0.2, 0.25) is 0 Å². The van der Waals surface area contributed by atoms with E-state index < -0.39 is 0 Å². The second-order valence-electron chi connectivity index (χ2n) is 5.86. The SMILES string of the molecule is COc1ccc2c(c1)C(=O)N(c1ccc3ccn(C(C)=O)c3c1)C2. The van der Waals surface area contributed by atoms with Crippen molar-refractivity contribution in [3.63, 3.8) is 0 Å². The van der Waals surface area contributed by atoms with Crippen LogP contribution in [-0.4, -0.2) is 23.5 Å². The molecule has 3 aromatic rings. The Morgan fingerprint density at radius 2 is 1.96 bits per heavy atom. The van der Waals surface area contributed by atoms with Crippen molar-refractivity contribution in [1.29, 1.82) is 0 Å². The van der Waals surface area contributed by atoms with Gasteiger partial charge in [0.15, 0.2) is 0 Å². The van der Waals surface area contributed by atoms with Gasteiger partial charge in [-0.25, -0.2) is 0 Å². The molecule has 1 amide bonds. The highest BCUT2D eigenvalue weighted by atomic mass is 16.5. The molecule has 5 nitrogen and oxygen atoms in total. The van der Waals surface area contributed by atoms with Crippen LogP contribution in [0.15, 0.2) is 48.7 Å². The fraction of sp³-hybridized carbons (Fsp3) is 0.158. The van der Waals surface area contributed by atoms with E-state index >= 15 is 0 Å². The number of aromatic nitrogens is 1. The molecule has 5 heteroatoms. The molecular weight excluding hydrogens is 304 g/mol. The second-order valence-corrected chi connectivity index (χ2v) is 5.86. The monoisotopic (exact) mass is 320 g/mol. The molecule has 0 radical (unpaired) electrons. The van der Waals surface area contributed by atoms with Crippen LogP contribution >= 0.6 is 0 Å². The minimum atomic E-state index is -0.0529. The van der Waals surface area contributed by atoms with Crippen LogP contribution in [0.1, 0.15) is 27.6 Å². The predicted octanol–water partition coefficient (Wildman–Crippen LogP) is 3.47. The summed E-state index contributed by atoms with van der Waals surface area (Å²) in [4.78, 5) is 26.2. The molecular formula is C19H16N2O3. The van der Waals surface area contributed by atoms with Gasteiger partial charge in [-0.2, -0.15) is 0 Å². The van der Waals surface area contributed by atoms with Gasteiger partial charge in [-0.05, 0) is 35.9 Å².